The van der Waals surface area contributed by atoms with Gasteiger partial charge in [-0.15, -0.1) is 11.3 Å². The van der Waals surface area contributed by atoms with Crippen molar-refractivity contribution in [3.8, 4) is 45.3 Å². The van der Waals surface area contributed by atoms with E-state index < -0.39 is 0 Å². The van der Waals surface area contributed by atoms with Gasteiger partial charge in [-0.05, 0) is 79.8 Å². The van der Waals surface area contributed by atoms with E-state index in [0.29, 0.717) is 17.5 Å². The van der Waals surface area contributed by atoms with Crippen LogP contribution in [0.15, 0.2) is 164 Å². The van der Waals surface area contributed by atoms with E-state index in [4.69, 9.17) is 15.0 Å². The summed E-state index contributed by atoms with van der Waals surface area (Å²) >= 11 is 1.82. The Morgan fingerprint density at radius 1 is 0.265 bits per heavy atom. The van der Waals surface area contributed by atoms with Gasteiger partial charge < -0.3 is 0 Å². The van der Waals surface area contributed by atoms with Crippen LogP contribution in [0.4, 0.5) is 0 Å². The minimum Gasteiger partial charge on any atom is -0.208 e. The zero-order chi connectivity index (χ0) is 32.3. The van der Waals surface area contributed by atoms with E-state index in [9.17, 15) is 0 Å². The molecule has 228 valence electrons. The van der Waals surface area contributed by atoms with Crippen LogP contribution in [-0.4, -0.2) is 15.0 Å². The summed E-state index contributed by atoms with van der Waals surface area (Å²) in [5, 5.41) is 10.2. The van der Waals surface area contributed by atoms with Gasteiger partial charge in [-0.2, -0.15) is 0 Å². The summed E-state index contributed by atoms with van der Waals surface area (Å²) in [6.45, 7) is 0. The Morgan fingerprint density at radius 3 is 1.16 bits per heavy atom. The van der Waals surface area contributed by atoms with Crippen LogP contribution in [0.25, 0.3) is 97.8 Å². The fourth-order valence-corrected chi connectivity index (χ4v) is 8.19. The fraction of sp³-hybridized carbons (Fsp3) is 0. The molecular formula is C45H27N3S. The summed E-state index contributed by atoms with van der Waals surface area (Å²) in [4.78, 5) is 14.9. The predicted molar refractivity (Wildman–Crippen MR) is 207 cm³/mol. The van der Waals surface area contributed by atoms with Crippen molar-refractivity contribution in [3.05, 3.63) is 164 Å². The smallest absolute Gasteiger partial charge is 0.164 e. The second-order valence-electron chi connectivity index (χ2n) is 12.4. The number of hydrogen-bond donors (Lipinski definition) is 0. The summed E-state index contributed by atoms with van der Waals surface area (Å²) in [6.07, 6.45) is 0. The van der Waals surface area contributed by atoms with Gasteiger partial charge >= 0.3 is 0 Å². The molecule has 0 fully saturated rings. The fourth-order valence-electron chi connectivity index (χ4n) is 7.12. The zero-order valence-corrected chi connectivity index (χ0v) is 27.2. The van der Waals surface area contributed by atoms with Gasteiger partial charge in [-0.3, -0.25) is 0 Å². The number of benzene rings is 8. The van der Waals surface area contributed by atoms with Crippen LogP contribution in [0.1, 0.15) is 0 Å². The second kappa shape index (κ2) is 11.2. The maximum atomic E-state index is 4.99. The molecule has 4 heteroatoms. The van der Waals surface area contributed by atoms with Crippen molar-refractivity contribution in [2.45, 2.75) is 0 Å². The molecule has 0 unspecified atom stereocenters. The van der Waals surface area contributed by atoms with Crippen LogP contribution in [0.3, 0.4) is 0 Å². The Hall–Kier alpha value is -6.23. The maximum Gasteiger partial charge on any atom is 0.164 e. The van der Waals surface area contributed by atoms with E-state index in [2.05, 4.69) is 103 Å². The first-order chi connectivity index (χ1) is 24.3. The molecule has 0 spiro atoms. The highest BCUT2D eigenvalue weighted by molar-refractivity contribution is 7.25. The Morgan fingerprint density at radius 2 is 0.633 bits per heavy atom. The topological polar surface area (TPSA) is 38.7 Å². The van der Waals surface area contributed by atoms with Gasteiger partial charge in [0, 0.05) is 36.9 Å². The quantitative estimate of drug-likeness (QED) is 0.180. The molecule has 0 radical (unpaired) electrons. The number of thiophene rings is 1. The molecule has 10 rings (SSSR count). The van der Waals surface area contributed by atoms with Crippen LogP contribution in [0, 0.1) is 0 Å². The molecule has 3 nitrogen and oxygen atoms in total. The average Bonchev–Trinajstić information content (AvgIpc) is 3.55. The van der Waals surface area contributed by atoms with Crippen molar-refractivity contribution in [1.29, 1.82) is 0 Å². The lowest BCUT2D eigenvalue weighted by Gasteiger charge is -2.12. The van der Waals surface area contributed by atoms with Crippen molar-refractivity contribution in [2.75, 3.05) is 0 Å². The lowest BCUT2D eigenvalue weighted by molar-refractivity contribution is 1.07. The molecule has 8 aromatic carbocycles. The van der Waals surface area contributed by atoms with E-state index in [0.717, 1.165) is 16.7 Å². The lowest BCUT2D eigenvalue weighted by atomic mass is 9.92. The highest BCUT2D eigenvalue weighted by Gasteiger charge is 2.15. The molecule has 0 aliphatic heterocycles. The van der Waals surface area contributed by atoms with E-state index >= 15 is 0 Å². The van der Waals surface area contributed by atoms with Crippen LogP contribution < -0.4 is 0 Å². The van der Waals surface area contributed by atoms with Gasteiger partial charge in [0.2, 0.25) is 0 Å². The molecule has 2 heterocycles. The van der Waals surface area contributed by atoms with Crippen molar-refractivity contribution < 1.29 is 0 Å². The Balaban J connectivity index is 1.13. The summed E-state index contributed by atoms with van der Waals surface area (Å²) in [5.41, 5.74) is 5.31. The number of fused-ring (bicyclic) bond motifs is 9. The molecule has 0 saturated carbocycles. The molecule has 49 heavy (non-hydrogen) atoms. The highest BCUT2D eigenvalue weighted by Crippen LogP contribution is 2.41. The van der Waals surface area contributed by atoms with Crippen LogP contribution in [0.5, 0.6) is 0 Å². The number of nitrogens with zero attached hydrogens (tertiary/aromatic N) is 3. The molecule has 0 N–H and O–H groups in total. The molecule has 0 aliphatic rings. The lowest BCUT2D eigenvalue weighted by Crippen LogP contribution is -2.00. The third-order valence-electron chi connectivity index (χ3n) is 9.50. The molecule has 0 atom stereocenters. The van der Waals surface area contributed by atoms with Crippen LogP contribution in [-0.2, 0) is 0 Å². The number of rotatable bonds is 4. The molecule has 10 aromatic rings. The zero-order valence-electron chi connectivity index (χ0n) is 26.3. The SMILES string of the molecule is c1ccc(-c2nc(-c3ccccc3)nc(-c3ccc4sc5ccc(-c6ccc7c8ccccc8c8ccccc8c7c6)cc5c4c3)n2)cc1. The summed E-state index contributed by atoms with van der Waals surface area (Å²) in [5.74, 6) is 2.00. The Kier molecular flexibility index (Phi) is 6.36. The third kappa shape index (κ3) is 4.68. The molecular weight excluding hydrogens is 615 g/mol. The molecule has 0 amide bonds. The summed E-state index contributed by atoms with van der Waals surface area (Å²) < 4.78 is 2.51. The van der Waals surface area contributed by atoms with Crippen LogP contribution in [0.2, 0.25) is 0 Å². The van der Waals surface area contributed by atoms with Gasteiger partial charge in [-0.25, -0.2) is 15.0 Å². The van der Waals surface area contributed by atoms with Gasteiger partial charge in [0.15, 0.2) is 17.5 Å². The first kappa shape index (κ1) is 27.8. The van der Waals surface area contributed by atoms with Gasteiger partial charge in [0.1, 0.15) is 0 Å². The van der Waals surface area contributed by atoms with Crippen molar-refractivity contribution in [2.24, 2.45) is 0 Å². The Bertz CT molecular complexity index is 2780. The molecule has 0 bridgehead atoms. The monoisotopic (exact) mass is 641 g/mol. The minimum atomic E-state index is 0.665. The molecule has 0 saturated heterocycles. The summed E-state index contributed by atoms with van der Waals surface area (Å²) in [7, 11) is 0. The highest BCUT2D eigenvalue weighted by atomic mass is 32.1. The molecule has 2 aromatic heterocycles. The van der Waals surface area contributed by atoms with Gasteiger partial charge in [0.25, 0.3) is 0 Å². The molecule has 0 aliphatic carbocycles. The number of aromatic nitrogens is 3. The van der Waals surface area contributed by atoms with E-state index in [-0.39, 0.29) is 0 Å². The second-order valence-corrected chi connectivity index (χ2v) is 13.5. The number of hydrogen-bond acceptors (Lipinski definition) is 4. The van der Waals surface area contributed by atoms with Gasteiger partial charge in [-0.1, -0.05) is 127 Å². The maximum absolute atomic E-state index is 4.99. The normalized spacial score (nSPS) is 11.7. The van der Waals surface area contributed by atoms with E-state index in [1.165, 1.54) is 63.6 Å². The van der Waals surface area contributed by atoms with Crippen molar-refractivity contribution in [1.82, 2.24) is 15.0 Å². The largest absolute Gasteiger partial charge is 0.208 e. The Labute approximate surface area is 286 Å². The summed E-state index contributed by atoms with van der Waals surface area (Å²) in [6, 6.07) is 58.2. The van der Waals surface area contributed by atoms with E-state index in [1.54, 1.807) is 0 Å². The first-order valence-electron chi connectivity index (χ1n) is 16.4. The predicted octanol–water partition coefficient (Wildman–Crippen LogP) is 12.4. The van der Waals surface area contributed by atoms with Crippen molar-refractivity contribution in [3.63, 3.8) is 0 Å². The standard InChI is InChI=1S/C45H27N3S/c1-3-11-28(12-4-1)43-46-44(29-13-5-2-6-14-29)48-45(47-43)32-21-24-42-40(27-32)39-26-31(20-23-41(39)49-42)30-19-22-37-35-17-8-7-15-33(35)34-16-9-10-18-36(34)38(37)25-30/h1-27H. The average molecular weight is 642 g/mol. The minimum absolute atomic E-state index is 0.665. The van der Waals surface area contributed by atoms with E-state index in [1.807, 2.05) is 72.0 Å². The van der Waals surface area contributed by atoms with Crippen molar-refractivity contribution >= 4 is 63.8 Å². The van der Waals surface area contributed by atoms with Gasteiger partial charge in [0.05, 0.1) is 0 Å². The van der Waals surface area contributed by atoms with Crippen LogP contribution >= 0.6 is 11.3 Å². The first-order valence-corrected chi connectivity index (χ1v) is 17.3. The third-order valence-corrected chi connectivity index (χ3v) is 10.7.